The van der Waals surface area contributed by atoms with E-state index in [1.165, 1.54) is 11.1 Å². The summed E-state index contributed by atoms with van der Waals surface area (Å²) < 4.78 is 0. The Kier molecular flexibility index (Phi) is 4.11. The van der Waals surface area contributed by atoms with Crippen LogP contribution in [0.1, 0.15) is 11.1 Å². The standard InChI is InChI=1S/C15H17ClN2/c1-11-5-7-12(8-6-11)9-10-18-15-13(16)3-2-4-14(15)17/h2-8,18H,9-10,17H2,1H3. The van der Waals surface area contributed by atoms with Crippen molar-refractivity contribution in [1.29, 1.82) is 0 Å². The molecule has 0 unspecified atom stereocenters. The number of hydrogen-bond donors (Lipinski definition) is 2. The van der Waals surface area contributed by atoms with Gasteiger partial charge in [0.05, 0.1) is 16.4 Å². The van der Waals surface area contributed by atoms with Gasteiger partial charge in [-0.15, -0.1) is 0 Å². The van der Waals surface area contributed by atoms with Gasteiger partial charge in [0, 0.05) is 6.54 Å². The van der Waals surface area contributed by atoms with Crippen LogP contribution in [0, 0.1) is 6.92 Å². The maximum absolute atomic E-state index is 6.09. The van der Waals surface area contributed by atoms with Crippen LogP contribution in [0.25, 0.3) is 0 Å². The molecule has 0 aliphatic heterocycles. The lowest BCUT2D eigenvalue weighted by Gasteiger charge is -2.11. The summed E-state index contributed by atoms with van der Waals surface area (Å²) >= 11 is 6.09. The summed E-state index contributed by atoms with van der Waals surface area (Å²) in [7, 11) is 0. The first-order valence-corrected chi connectivity index (χ1v) is 6.38. The number of anilines is 2. The first-order chi connectivity index (χ1) is 8.66. The summed E-state index contributed by atoms with van der Waals surface area (Å²) in [5.41, 5.74) is 9.97. The Hall–Kier alpha value is -1.67. The highest BCUT2D eigenvalue weighted by molar-refractivity contribution is 6.33. The normalized spacial score (nSPS) is 10.3. The van der Waals surface area contributed by atoms with Crippen molar-refractivity contribution in [1.82, 2.24) is 0 Å². The van der Waals surface area contributed by atoms with Crippen molar-refractivity contribution in [3.05, 3.63) is 58.6 Å². The third-order valence-corrected chi connectivity index (χ3v) is 3.20. The molecule has 0 radical (unpaired) electrons. The van der Waals surface area contributed by atoms with E-state index in [1.54, 1.807) is 0 Å². The lowest BCUT2D eigenvalue weighted by atomic mass is 10.1. The summed E-state index contributed by atoms with van der Waals surface area (Å²) in [6.07, 6.45) is 0.949. The van der Waals surface area contributed by atoms with Crippen LogP contribution in [0.4, 0.5) is 11.4 Å². The van der Waals surface area contributed by atoms with Crippen molar-refractivity contribution in [2.75, 3.05) is 17.6 Å². The van der Waals surface area contributed by atoms with Gasteiger partial charge in [0.25, 0.3) is 0 Å². The molecule has 2 aromatic carbocycles. The van der Waals surface area contributed by atoms with Crippen LogP contribution in [0.15, 0.2) is 42.5 Å². The van der Waals surface area contributed by atoms with E-state index in [1.807, 2.05) is 18.2 Å². The van der Waals surface area contributed by atoms with Gasteiger partial charge < -0.3 is 11.1 Å². The third kappa shape index (κ3) is 3.17. The van der Waals surface area contributed by atoms with E-state index in [4.69, 9.17) is 17.3 Å². The van der Waals surface area contributed by atoms with Gasteiger partial charge >= 0.3 is 0 Å². The average Bonchev–Trinajstić information content (AvgIpc) is 2.35. The molecule has 2 aromatic rings. The third-order valence-electron chi connectivity index (χ3n) is 2.88. The fourth-order valence-electron chi connectivity index (χ4n) is 1.81. The van der Waals surface area contributed by atoms with Crippen molar-refractivity contribution in [3.63, 3.8) is 0 Å². The smallest absolute Gasteiger partial charge is 0.0763 e. The van der Waals surface area contributed by atoms with Gasteiger partial charge in [-0.1, -0.05) is 47.5 Å². The Morgan fingerprint density at radius 2 is 1.83 bits per heavy atom. The van der Waals surface area contributed by atoms with Crippen LogP contribution in [0.5, 0.6) is 0 Å². The number of rotatable bonds is 4. The largest absolute Gasteiger partial charge is 0.397 e. The zero-order chi connectivity index (χ0) is 13.0. The van der Waals surface area contributed by atoms with E-state index >= 15 is 0 Å². The van der Waals surface area contributed by atoms with Crippen LogP contribution in [-0.2, 0) is 6.42 Å². The molecule has 0 heterocycles. The number of halogens is 1. The highest BCUT2D eigenvalue weighted by Crippen LogP contribution is 2.27. The van der Waals surface area contributed by atoms with Gasteiger partial charge in [-0.25, -0.2) is 0 Å². The van der Waals surface area contributed by atoms with Gasteiger partial charge in [-0.2, -0.15) is 0 Å². The van der Waals surface area contributed by atoms with Gasteiger partial charge in [0.15, 0.2) is 0 Å². The molecule has 0 aromatic heterocycles. The number of nitrogen functional groups attached to an aromatic ring is 1. The molecule has 2 nitrogen and oxygen atoms in total. The van der Waals surface area contributed by atoms with Crippen LogP contribution in [0.2, 0.25) is 5.02 Å². The fraction of sp³-hybridized carbons (Fsp3) is 0.200. The van der Waals surface area contributed by atoms with E-state index in [2.05, 4.69) is 36.5 Å². The first-order valence-electron chi connectivity index (χ1n) is 6.00. The first kappa shape index (κ1) is 12.8. The van der Waals surface area contributed by atoms with E-state index in [0.29, 0.717) is 10.7 Å². The summed E-state index contributed by atoms with van der Waals surface area (Å²) in [4.78, 5) is 0. The maximum atomic E-state index is 6.09. The Balaban J connectivity index is 1.94. The molecule has 0 bridgehead atoms. The minimum Gasteiger partial charge on any atom is -0.397 e. The number of hydrogen-bond acceptors (Lipinski definition) is 2. The minimum absolute atomic E-state index is 0.666. The quantitative estimate of drug-likeness (QED) is 0.819. The van der Waals surface area contributed by atoms with Crippen LogP contribution in [-0.4, -0.2) is 6.54 Å². The van der Waals surface area contributed by atoms with Crippen molar-refractivity contribution >= 4 is 23.0 Å². The van der Waals surface area contributed by atoms with E-state index in [-0.39, 0.29) is 0 Å². The number of aryl methyl sites for hydroxylation is 1. The predicted octanol–water partition coefficient (Wildman–Crippen LogP) is 3.89. The zero-order valence-corrected chi connectivity index (χ0v) is 11.2. The molecule has 3 N–H and O–H groups in total. The number of nitrogens with two attached hydrogens (primary N) is 1. The Morgan fingerprint density at radius 1 is 1.11 bits per heavy atom. The van der Waals surface area contributed by atoms with Gasteiger partial charge in [0.2, 0.25) is 0 Å². The fourth-order valence-corrected chi connectivity index (χ4v) is 2.06. The van der Waals surface area contributed by atoms with E-state index in [9.17, 15) is 0 Å². The molecule has 0 atom stereocenters. The zero-order valence-electron chi connectivity index (χ0n) is 10.4. The second kappa shape index (κ2) is 5.78. The number of benzene rings is 2. The highest BCUT2D eigenvalue weighted by Gasteiger charge is 2.03. The van der Waals surface area contributed by atoms with Crippen molar-refractivity contribution < 1.29 is 0 Å². The molecule has 0 amide bonds. The molecule has 18 heavy (non-hydrogen) atoms. The van der Waals surface area contributed by atoms with Crippen LogP contribution < -0.4 is 11.1 Å². The maximum Gasteiger partial charge on any atom is 0.0763 e. The molecule has 0 aliphatic carbocycles. The second-order valence-corrected chi connectivity index (χ2v) is 4.77. The Labute approximate surface area is 113 Å². The predicted molar refractivity (Wildman–Crippen MR) is 79.2 cm³/mol. The monoisotopic (exact) mass is 260 g/mol. The minimum atomic E-state index is 0.666. The van der Waals surface area contributed by atoms with Crippen molar-refractivity contribution in [2.24, 2.45) is 0 Å². The molecule has 0 aliphatic rings. The van der Waals surface area contributed by atoms with Gasteiger partial charge in [-0.3, -0.25) is 0 Å². The number of nitrogens with one attached hydrogen (secondary N) is 1. The highest BCUT2D eigenvalue weighted by atomic mass is 35.5. The van der Waals surface area contributed by atoms with Crippen LogP contribution >= 0.6 is 11.6 Å². The molecular weight excluding hydrogens is 244 g/mol. The summed E-state index contributed by atoms with van der Waals surface area (Å²) in [5.74, 6) is 0. The molecule has 0 saturated carbocycles. The molecular formula is C15H17ClN2. The van der Waals surface area contributed by atoms with E-state index in [0.717, 1.165) is 18.7 Å². The Bertz CT molecular complexity index is 500. The Morgan fingerprint density at radius 3 is 2.50 bits per heavy atom. The second-order valence-electron chi connectivity index (χ2n) is 4.37. The summed E-state index contributed by atoms with van der Waals surface area (Å²) in [6.45, 7) is 2.91. The van der Waals surface area contributed by atoms with Crippen molar-refractivity contribution in [2.45, 2.75) is 13.3 Å². The number of para-hydroxylation sites is 1. The SMILES string of the molecule is Cc1ccc(CCNc2c(N)cccc2Cl)cc1. The lowest BCUT2D eigenvalue weighted by molar-refractivity contribution is 1.02. The molecule has 0 spiro atoms. The summed E-state index contributed by atoms with van der Waals surface area (Å²) in [6, 6.07) is 14.1. The van der Waals surface area contributed by atoms with Gasteiger partial charge in [0.1, 0.15) is 0 Å². The topological polar surface area (TPSA) is 38.0 Å². The van der Waals surface area contributed by atoms with Gasteiger partial charge in [-0.05, 0) is 31.0 Å². The van der Waals surface area contributed by atoms with Crippen molar-refractivity contribution in [3.8, 4) is 0 Å². The average molecular weight is 261 g/mol. The molecule has 0 saturated heterocycles. The molecule has 94 valence electrons. The van der Waals surface area contributed by atoms with Crippen LogP contribution in [0.3, 0.4) is 0 Å². The van der Waals surface area contributed by atoms with E-state index < -0.39 is 0 Å². The molecule has 0 fully saturated rings. The summed E-state index contributed by atoms with van der Waals surface area (Å²) in [5, 5.41) is 3.95. The molecule has 3 heteroatoms. The molecule has 2 rings (SSSR count). The lowest BCUT2D eigenvalue weighted by Crippen LogP contribution is -2.07.